The van der Waals surface area contributed by atoms with Crippen LogP contribution in [-0.2, 0) is 6.54 Å². The van der Waals surface area contributed by atoms with Gasteiger partial charge in [-0.3, -0.25) is 0 Å². The molecule has 2 rings (SSSR count). The van der Waals surface area contributed by atoms with Crippen molar-refractivity contribution in [1.29, 1.82) is 0 Å². The lowest BCUT2D eigenvalue weighted by atomic mass is 10.1. The van der Waals surface area contributed by atoms with Gasteiger partial charge in [0.05, 0.1) is 7.11 Å². The monoisotopic (exact) mass is 243 g/mol. The molecule has 0 saturated heterocycles. The first-order chi connectivity index (χ1) is 8.67. The van der Waals surface area contributed by atoms with Crippen molar-refractivity contribution in [3.05, 3.63) is 47.2 Å². The summed E-state index contributed by atoms with van der Waals surface area (Å²) in [5.74, 6) is 1.17. The quantitative estimate of drug-likeness (QED) is 0.897. The van der Waals surface area contributed by atoms with Crippen molar-refractivity contribution in [2.24, 2.45) is 0 Å². The predicted molar refractivity (Wildman–Crippen MR) is 71.8 cm³/mol. The number of aromatic nitrogens is 2. The minimum absolute atomic E-state index is 0.578. The Morgan fingerprint density at radius 1 is 1.17 bits per heavy atom. The molecule has 4 heteroatoms. The third-order valence-corrected chi connectivity index (χ3v) is 2.57. The summed E-state index contributed by atoms with van der Waals surface area (Å²) < 4.78 is 5.12. The number of aryl methyl sites for hydroxylation is 2. The summed E-state index contributed by atoms with van der Waals surface area (Å²) >= 11 is 0. The zero-order valence-corrected chi connectivity index (χ0v) is 10.9. The third-order valence-electron chi connectivity index (χ3n) is 2.57. The van der Waals surface area contributed by atoms with Crippen molar-refractivity contribution < 1.29 is 4.74 Å². The van der Waals surface area contributed by atoms with Gasteiger partial charge in [-0.25, -0.2) is 4.98 Å². The number of benzene rings is 1. The molecule has 0 aliphatic rings. The van der Waals surface area contributed by atoms with Gasteiger partial charge in [-0.05, 0) is 19.4 Å². The Balaban J connectivity index is 2.08. The molecule has 1 aromatic carbocycles. The zero-order chi connectivity index (χ0) is 13.0. The molecule has 0 unspecified atom stereocenters. The van der Waals surface area contributed by atoms with Gasteiger partial charge >= 0.3 is 0 Å². The van der Waals surface area contributed by atoms with Crippen LogP contribution in [0.2, 0.25) is 0 Å². The van der Waals surface area contributed by atoms with Gasteiger partial charge in [0.15, 0.2) is 0 Å². The summed E-state index contributed by atoms with van der Waals surface area (Å²) in [6, 6.07) is 10.1. The topological polar surface area (TPSA) is 47.0 Å². The molecule has 0 spiro atoms. The van der Waals surface area contributed by atoms with E-state index in [1.807, 2.05) is 13.0 Å². The number of methoxy groups -OCH3 is 1. The van der Waals surface area contributed by atoms with Gasteiger partial charge < -0.3 is 10.1 Å². The summed E-state index contributed by atoms with van der Waals surface area (Å²) in [5, 5.41) is 3.20. The second-order valence-electron chi connectivity index (χ2n) is 4.22. The molecule has 0 amide bonds. The van der Waals surface area contributed by atoms with Crippen LogP contribution in [0.25, 0.3) is 0 Å². The van der Waals surface area contributed by atoms with Gasteiger partial charge in [-0.2, -0.15) is 4.98 Å². The molecule has 0 bridgehead atoms. The van der Waals surface area contributed by atoms with E-state index in [1.165, 1.54) is 11.1 Å². The summed E-state index contributed by atoms with van der Waals surface area (Å²) in [5.41, 5.74) is 3.34. The standard InChI is InChI=1S/C14H17N3O/c1-10-5-4-6-12(7-10)9-15-14-16-11(2)8-13(17-14)18-3/h4-8H,9H2,1-3H3,(H,15,16,17). The number of hydrogen-bond acceptors (Lipinski definition) is 4. The molecule has 0 saturated carbocycles. The van der Waals surface area contributed by atoms with Crippen LogP contribution >= 0.6 is 0 Å². The van der Waals surface area contributed by atoms with Crippen LogP contribution in [0.4, 0.5) is 5.95 Å². The molecule has 2 aromatic rings. The number of nitrogens with one attached hydrogen (secondary N) is 1. The van der Waals surface area contributed by atoms with E-state index in [2.05, 4.69) is 40.4 Å². The van der Waals surface area contributed by atoms with Gasteiger partial charge in [0, 0.05) is 18.3 Å². The summed E-state index contributed by atoms with van der Waals surface area (Å²) in [7, 11) is 1.60. The molecule has 1 heterocycles. The molecule has 94 valence electrons. The van der Waals surface area contributed by atoms with E-state index in [-0.39, 0.29) is 0 Å². The third kappa shape index (κ3) is 3.20. The maximum Gasteiger partial charge on any atom is 0.226 e. The van der Waals surface area contributed by atoms with Crippen molar-refractivity contribution in [2.75, 3.05) is 12.4 Å². The Kier molecular flexibility index (Phi) is 3.77. The van der Waals surface area contributed by atoms with E-state index in [1.54, 1.807) is 13.2 Å². The largest absolute Gasteiger partial charge is 0.481 e. The van der Waals surface area contributed by atoms with Crippen LogP contribution in [0.3, 0.4) is 0 Å². The highest BCUT2D eigenvalue weighted by Crippen LogP contribution is 2.12. The minimum atomic E-state index is 0.578. The molecule has 0 aliphatic heterocycles. The Hall–Kier alpha value is -2.10. The SMILES string of the molecule is COc1cc(C)nc(NCc2cccc(C)c2)n1. The zero-order valence-electron chi connectivity index (χ0n) is 10.9. The van der Waals surface area contributed by atoms with E-state index < -0.39 is 0 Å². The van der Waals surface area contributed by atoms with E-state index in [9.17, 15) is 0 Å². The Labute approximate surface area is 107 Å². The molecule has 0 radical (unpaired) electrons. The van der Waals surface area contributed by atoms with E-state index in [4.69, 9.17) is 4.74 Å². The number of anilines is 1. The predicted octanol–water partition coefficient (Wildman–Crippen LogP) is 2.71. The van der Waals surface area contributed by atoms with Crippen LogP contribution in [0.15, 0.2) is 30.3 Å². The second kappa shape index (κ2) is 5.49. The normalized spacial score (nSPS) is 10.2. The molecule has 1 N–H and O–H groups in total. The summed E-state index contributed by atoms with van der Waals surface area (Å²) in [6.45, 7) is 4.70. The lowest BCUT2D eigenvalue weighted by Gasteiger charge is -2.08. The van der Waals surface area contributed by atoms with Crippen LogP contribution in [0.1, 0.15) is 16.8 Å². The smallest absolute Gasteiger partial charge is 0.226 e. The fourth-order valence-corrected chi connectivity index (χ4v) is 1.73. The van der Waals surface area contributed by atoms with Crippen LogP contribution in [0, 0.1) is 13.8 Å². The highest BCUT2D eigenvalue weighted by atomic mass is 16.5. The van der Waals surface area contributed by atoms with Crippen LogP contribution in [-0.4, -0.2) is 17.1 Å². The number of rotatable bonds is 4. The number of hydrogen-bond donors (Lipinski definition) is 1. The van der Waals surface area contributed by atoms with Crippen molar-refractivity contribution in [3.8, 4) is 5.88 Å². The molecule has 4 nitrogen and oxygen atoms in total. The number of nitrogens with zero attached hydrogens (tertiary/aromatic N) is 2. The molecular weight excluding hydrogens is 226 g/mol. The second-order valence-corrected chi connectivity index (χ2v) is 4.22. The van der Waals surface area contributed by atoms with Gasteiger partial charge in [0.25, 0.3) is 0 Å². The Morgan fingerprint density at radius 3 is 2.72 bits per heavy atom. The molecule has 0 atom stereocenters. The van der Waals surface area contributed by atoms with Gasteiger partial charge in [-0.1, -0.05) is 29.8 Å². The van der Waals surface area contributed by atoms with Crippen molar-refractivity contribution in [2.45, 2.75) is 20.4 Å². The first-order valence-electron chi connectivity index (χ1n) is 5.86. The fourth-order valence-electron chi connectivity index (χ4n) is 1.73. The molecule has 18 heavy (non-hydrogen) atoms. The highest BCUT2D eigenvalue weighted by Gasteiger charge is 2.02. The van der Waals surface area contributed by atoms with Crippen LogP contribution < -0.4 is 10.1 Å². The molecule has 0 aliphatic carbocycles. The molecule has 1 aromatic heterocycles. The molecular formula is C14H17N3O. The average Bonchev–Trinajstić information content (AvgIpc) is 2.36. The van der Waals surface area contributed by atoms with Crippen molar-refractivity contribution in [1.82, 2.24) is 9.97 Å². The first kappa shape index (κ1) is 12.4. The first-order valence-corrected chi connectivity index (χ1v) is 5.86. The van der Waals surface area contributed by atoms with E-state index >= 15 is 0 Å². The highest BCUT2D eigenvalue weighted by molar-refractivity contribution is 5.33. The molecule has 0 fully saturated rings. The lowest BCUT2D eigenvalue weighted by Crippen LogP contribution is -2.05. The van der Waals surface area contributed by atoms with Gasteiger partial charge in [0.2, 0.25) is 11.8 Å². The van der Waals surface area contributed by atoms with E-state index in [0.29, 0.717) is 18.4 Å². The minimum Gasteiger partial charge on any atom is -0.481 e. The fraction of sp³-hybridized carbons (Fsp3) is 0.286. The number of ether oxygens (including phenoxy) is 1. The van der Waals surface area contributed by atoms with Crippen LogP contribution in [0.5, 0.6) is 5.88 Å². The van der Waals surface area contributed by atoms with E-state index in [0.717, 1.165) is 5.69 Å². The summed E-state index contributed by atoms with van der Waals surface area (Å²) in [6.07, 6.45) is 0. The van der Waals surface area contributed by atoms with Crippen molar-refractivity contribution in [3.63, 3.8) is 0 Å². The lowest BCUT2D eigenvalue weighted by molar-refractivity contribution is 0.397. The maximum atomic E-state index is 5.12. The van der Waals surface area contributed by atoms with Gasteiger partial charge in [-0.15, -0.1) is 0 Å². The van der Waals surface area contributed by atoms with Crippen molar-refractivity contribution >= 4 is 5.95 Å². The summed E-state index contributed by atoms with van der Waals surface area (Å²) in [4.78, 5) is 8.56. The average molecular weight is 243 g/mol. The van der Waals surface area contributed by atoms with Gasteiger partial charge in [0.1, 0.15) is 0 Å². The maximum absolute atomic E-state index is 5.12. The Morgan fingerprint density at radius 2 is 2.00 bits per heavy atom. The Bertz CT molecular complexity index is 540.